The molecule has 1 fully saturated rings. The van der Waals surface area contributed by atoms with Gasteiger partial charge in [0, 0.05) is 13.0 Å². The minimum Gasteiger partial charge on any atom is -0.475 e. The number of nitrogens with zero attached hydrogens (tertiary/aromatic N) is 1. The van der Waals surface area contributed by atoms with Crippen molar-refractivity contribution in [1.82, 2.24) is 10.2 Å². The summed E-state index contributed by atoms with van der Waals surface area (Å²) in [5.41, 5.74) is 0. The summed E-state index contributed by atoms with van der Waals surface area (Å²) in [4.78, 5) is 36.1. The molecule has 7 nitrogen and oxygen atoms in total. The third-order valence-corrected chi connectivity index (χ3v) is 3.59. The fourth-order valence-corrected chi connectivity index (χ4v) is 2.39. The summed E-state index contributed by atoms with van der Waals surface area (Å²) >= 11 is 0. The van der Waals surface area contributed by atoms with Gasteiger partial charge < -0.3 is 19.7 Å². The molecule has 0 atom stereocenters. The van der Waals surface area contributed by atoms with E-state index in [0.29, 0.717) is 18.7 Å². The van der Waals surface area contributed by atoms with Crippen LogP contribution in [-0.2, 0) is 16.1 Å². The second-order valence-electron chi connectivity index (χ2n) is 5.33. The average Bonchev–Trinajstić information content (AvgIpc) is 2.94. The number of carboxylic acid groups (broad SMARTS) is 1. The number of nitrogens with one attached hydrogen (secondary N) is 1. The van der Waals surface area contributed by atoms with Gasteiger partial charge in [-0.05, 0) is 25.0 Å². The van der Waals surface area contributed by atoms with Crippen molar-refractivity contribution in [2.75, 3.05) is 13.1 Å². The summed E-state index contributed by atoms with van der Waals surface area (Å²) in [5.74, 6) is -1.21. The van der Waals surface area contributed by atoms with Crippen molar-refractivity contribution in [2.45, 2.75) is 38.6 Å². The zero-order valence-corrected chi connectivity index (χ0v) is 12.3. The van der Waals surface area contributed by atoms with Crippen LogP contribution in [0.15, 0.2) is 16.5 Å². The van der Waals surface area contributed by atoms with Crippen LogP contribution in [0.5, 0.6) is 0 Å². The minimum absolute atomic E-state index is 0.0148. The Morgan fingerprint density at radius 2 is 2.00 bits per heavy atom. The van der Waals surface area contributed by atoms with E-state index in [9.17, 15) is 14.4 Å². The van der Waals surface area contributed by atoms with Gasteiger partial charge in [-0.15, -0.1) is 0 Å². The topological polar surface area (TPSA) is 99.9 Å². The summed E-state index contributed by atoms with van der Waals surface area (Å²) in [6.07, 6.45) is 4.43. The van der Waals surface area contributed by atoms with E-state index in [1.165, 1.54) is 12.1 Å². The SMILES string of the molecule is O=C(CN1CCCCCCC1=O)NCc1ccc(C(=O)O)o1. The van der Waals surface area contributed by atoms with Gasteiger partial charge in [-0.1, -0.05) is 12.8 Å². The van der Waals surface area contributed by atoms with Gasteiger partial charge in [0.25, 0.3) is 0 Å². The highest BCUT2D eigenvalue weighted by molar-refractivity contribution is 5.85. The summed E-state index contributed by atoms with van der Waals surface area (Å²) in [6.45, 7) is 0.746. The van der Waals surface area contributed by atoms with Gasteiger partial charge in [0.1, 0.15) is 5.76 Å². The monoisotopic (exact) mass is 308 g/mol. The lowest BCUT2D eigenvalue weighted by atomic mass is 10.1. The third kappa shape index (κ3) is 4.61. The molecule has 2 N–H and O–H groups in total. The molecule has 22 heavy (non-hydrogen) atoms. The minimum atomic E-state index is -1.15. The smallest absolute Gasteiger partial charge is 0.371 e. The Morgan fingerprint density at radius 3 is 2.73 bits per heavy atom. The summed E-state index contributed by atoms with van der Waals surface area (Å²) in [7, 11) is 0. The van der Waals surface area contributed by atoms with Crippen molar-refractivity contribution in [3.63, 3.8) is 0 Å². The number of aromatic carboxylic acids is 1. The predicted octanol–water partition coefficient (Wildman–Crippen LogP) is 1.39. The molecule has 0 radical (unpaired) electrons. The molecule has 1 saturated heterocycles. The molecule has 2 rings (SSSR count). The maximum atomic E-state index is 11.9. The standard InChI is InChI=1S/C15H20N2O5/c18-13(10-17-8-4-2-1-3-5-14(17)19)16-9-11-6-7-12(22-11)15(20)21/h6-7H,1-5,8-10H2,(H,16,18)(H,20,21). The van der Waals surface area contributed by atoms with E-state index in [4.69, 9.17) is 9.52 Å². The molecule has 0 aromatic carbocycles. The zero-order valence-electron chi connectivity index (χ0n) is 12.3. The first-order valence-corrected chi connectivity index (χ1v) is 7.43. The van der Waals surface area contributed by atoms with E-state index in [-0.39, 0.29) is 30.7 Å². The fraction of sp³-hybridized carbons (Fsp3) is 0.533. The van der Waals surface area contributed by atoms with Crippen molar-refractivity contribution < 1.29 is 23.9 Å². The van der Waals surface area contributed by atoms with Crippen LogP contribution in [0.2, 0.25) is 0 Å². The predicted molar refractivity (Wildman–Crippen MR) is 77.2 cm³/mol. The van der Waals surface area contributed by atoms with E-state index in [1.807, 2.05) is 0 Å². The normalized spacial score (nSPS) is 16.0. The van der Waals surface area contributed by atoms with Gasteiger partial charge in [-0.2, -0.15) is 0 Å². The Morgan fingerprint density at radius 1 is 1.23 bits per heavy atom. The van der Waals surface area contributed by atoms with E-state index in [2.05, 4.69) is 5.32 Å². The Balaban J connectivity index is 1.80. The quantitative estimate of drug-likeness (QED) is 0.856. The first-order chi connectivity index (χ1) is 10.6. The molecular formula is C15H20N2O5. The number of carbonyl (C=O) groups excluding carboxylic acids is 2. The zero-order chi connectivity index (χ0) is 15.9. The first-order valence-electron chi connectivity index (χ1n) is 7.43. The molecule has 1 aliphatic heterocycles. The molecule has 1 aromatic heterocycles. The van der Waals surface area contributed by atoms with Crippen LogP contribution in [-0.4, -0.2) is 40.9 Å². The molecule has 0 saturated carbocycles. The average molecular weight is 308 g/mol. The van der Waals surface area contributed by atoms with Crippen LogP contribution >= 0.6 is 0 Å². The van der Waals surface area contributed by atoms with Gasteiger partial charge in [-0.25, -0.2) is 4.79 Å². The number of rotatable bonds is 5. The second kappa shape index (κ2) is 7.63. The molecule has 2 amide bonds. The molecule has 2 heterocycles. The lowest BCUT2D eigenvalue weighted by Crippen LogP contribution is -2.41. The van der Waals surface area contributed by atoms with E-state index < -0.39 is 5.97 Å². The van der Waals surface area contributed by atoms with Crippen LogP contribution in [0.25, 0.3) is 0 Å². The largest absolute Gasteiger partial charge is 0.475 e. The lowest BCUT2D eigenvalue weighted by molar-refractivity contribution is -0.136. The Labute approximate surface area is 128 Å². The van der Waals surface area contributed by atoms with Crippen LogP contribution in [0.4, 0.5) is 0 Å². The molecular weight excluding hydrogens is 288 g/mol. The first kappa shape index (κ1) is 16.1. The van der Waals surface area contributed by atoms with Crippen molar-refractivity contribution in [3.8, 4) is 0 Å². The number of furan rings is 1. The van der Waals surface area contributed by atoms with Crippen molar-refractivity contribution in [3.05, 3.63) is 23.7 Å². The maximum Gasteiger partial charge on any atom is 0.371 e. The van der Waals surface area contributed by atoms with E-state index in [0.717, 1.165) is 25.7 Å². The molecule has 120 valence electrons. The Hall–Kier alpha value is -2.31. The summed E-state index contributed by atoms with van der Waals surface area (Å²) < 4.78 is 5.05. The summed E-state index contributed by atoms with van der Waals surface area (Å²) in [5, 5.41) is 11.4. The number of hydrogen-bond donors (Lipinski definition) is 2. The second-order valence-corrected chi connectivity index (χ2v) is 5.33. The molecule has 1 aliphatic rings. The lowest BCUT2D eigenvalue weighted by Gasteiger charge is -2.24. The van der Waals surface area contributed by atoms with Crippen LogP contribution in [0.1, 0.15) is 48.4 Å². The van der Waals surface area contributed by atoms with Crippen molar-refractivity contribution in [1.29, 1.82) is 0 Å². The molecule has 1 aromatic rings. The Kier molecular flexibility index (Phi) is 5.57. The molecule has 0 unspecified atom stereocenters. The van der Waals surface area contributed by atoms with Crippen LogP contribution in [0.3, 0.4) is 0 Å². The highest BCUT2D eigenvalue weighted by Crippen LogP contribution is 2.11. The van der Waals surface area contributed by atoms with Gasteiger partial charge >= 0.3 is 5.97 Å². The maximum absolute atomic E-state index is 11.9. The molecule has 0 bridgehead atoms. The molecule has 7 heteroatoms. The molecule has 0 spiro atoms. The van der Waals surface area contributed by atoms with Gasteiger partial charge in [-0.3, -0.25) is 9.59 Å². The number of carbonyl (C=O) groups is 3. The highest BCUT2D eigenvalue weighted by Gasteiger charge is 2.18. The Bertz CT molecular complexity index is 552. The fourth-order valence-electron chi connectivity index (χ4n) is 2.39. The van der Waals surface area contributed by atoms with E-state index in [1.54, 1.807) is 4.90 Å². The summed E-state index contributed by atoms with van der Waals surface area (Å²) in [6, 6.07) is 2.84. The van der Waals surface area contributed by atoms with Gasteiger partial charge in [0.05, 0.1) is 13.1 Å². The van der Waals surface area contributed by atoms with Crippen molar-refractivity contribution >= 4 is 17.8 Å². The molecule has 0 aliphatic carbocycles. The van der Waals surface area contributed by atoms with Gasteiger partial charge in [0.15, 0.2) is 0 Å². The van der Waals surface area contributed by atoms with Crippen LogP contribution < -0.4 is 5.32 Å². The number of hydrogen-bond acceptors (Lipinski definition) is 4. The highest BCUT2D eigenvalue weighted by atomic mass is 16.4. The van der Waals surface area contributed by atoms with Crippen molar-refractivity contribution in [2.24, 2.45) is 0 Å². The number of amides is 2. The van der Waals surface area contributed by atoms with E-state index >= 15 is 0 Å². The van der Waals surface area contributed by atoms with Gasteiger partial charge in [0.2, 0.25) is 17.6 Å². The number of carboxylic acids is 1. The number of likely N-dealkylation sites (tertiary alicyclic amines) is 1. The van der Waals surface area contributed by atoms with Crippen LogP contribution in [0, 0.1) is 0 Å². The third-order valence-electron chi connectivity index (χ3n) is 3.59.